The Bertz CT molecular complexity index is 250. The standard InChI is InChI=1S/C9H12N2O/c1-7-6-12-9(11-7)8-3-2-4-10-5-8/h2-5,7,9,11H,6H2,1H3. The summed E-state index contributed by atoms with van der Waals surface area (Å²) in [5.74, 6) is 0. The van der Waals surface area contributed by atoms with Crippen LogP contribution in [-0.4, -0.2) is 17.6 Å². The van der Waals surface area contributed by atoms with Crippen LogP contribution in [-0.2, 0) is 4.74 Å². The van der Waals surface area contributed by atoms with Gasteiger partial charge in [-0.25, -0.2) is 0 Å². The summed E-state index contributed by atoms with van der Waals surface area (Å²) in [5.41, 5.74) is 1.10. The minimum absolute atomic E-state index is 0.0358. The molecular formula is C9H12N2O. The van der Waals surface area contributed by atoms with Gasteiger partial charge in [0, 0.05) is 24.0 Å². The molecule has 2 unspecified atom stereocenters. The molecule has 2 heterocycles. The lowest BCUT2D eigenvalue weighted by Gasteiger charge is -2.09. The molecule has 0 aromatic carbocycles. The zero-order chi connectivity index (χ0) is 8.39. The lowest BCUT2D eigenvalue weighted by Crippen LogP contribution is -2.22. The zero-order valence-corrected chi connectivity index (χ0v) is 7.03. The molecule has 0 saturated carbocycles. The van der Waals surface area contributed by atoms with Crippen LogP contribution in [0.3, 0.4) is 0 Å². The number of rotatable bonds is 1. The molecule has 1 aliphatic heterocycles. The van der Waals surface area contributed by atoms with Gasteiger partial charge in [0.15, 0.2) is 0 Å². The quantitative estimate of drug-likeness (QED) is 0.674. The molecule has 0 amide bonds. The molecule has 1 aromatic heterocycles. The van der Waals surface area contributed by atoms with Crippen molar-refractivity contribution in [2.75, 3.05) is 6.61 Å². The maximum Gasteiger partial charge on any atom is 0.136 e. The highest BCUT2D eigenvalue weighted by atomic mass is 16.5. The van der Waals surface area contributed by atoms with Gasteiger partial charge in [-0.1, -0.05) is 6.07 Å². The Balaban J connectivity index is 2.11. The molecule has 2 atom stereocenters. The minimum atomic E-state index is 0.0358. The lowest BCUT2D eigenvalue weighted by atomic mass is 10.2. The molecule has 12 heavy (non-hydrogen) atoms. The van der Waals surface area contributed by atoms with E-state index in [1.807, 2.05) is 18.3 Å². The molecule has 1 fully saturated rings. The molecule has 1 aliphatic rings. The second-order valence-corrected chi connectivity index (χ2v) is 3.07. The normalized spacial score (nSPS) is 29.1. The third-order valence-electron chi connectivity index (χ3n) is 1.94. The largest absolute Gasteiger partial charge is 0.357 e. The van der Waals surface area contributed by atoms with E-state index in [1.165, 1.54) is 0 Å². The first kappa shape index (κ1) is 7.71. The number of nitrogens with zero attached hydrogens (tertiary/aromatic N) is 1. The summed E-state index contributed by atoms with van der Waals surface area (Å²) in [6.45, 7) is 2.88. The van der Waals surface area contributed by atoms with E-state index in [0.717, 1.165) is 12.2 Å². The summed E-state index contributed by atoms with van der Waals surface area (Å²) in [7, 11) is 0. The molecule has 0 spiro atoms. The number of hydrogen-bond donors (Lipinski definition) is 1. The van der Waals surface area contributed by atoms with Crippen molar-refractivity contribution < 1.29 is 4.74 Å². The zero-order valence-electron chi connectivity index (χ0n) is 7.03. The van der Waals surface area contributed by atoms with Gasteiger partial charge in [0.1, 0.15) is 6.23 Å². The van der Waals surface area contributed by atoms with Gasteiger partial charge in [-0.05, 0) is 13.0 Å². The van der Waals surface area contributed by atoms with E-state index in [-0.39, 0.29) is 6.23 Å². The maximum absolute atomic E-state index is 5.50. The van der Waals surface area contributed by atoms with Crippen LogP contribution in [0.15, 0.2) is 24.5 Å². The fraction of sp³-hybridized carbons (Fsp3) is 0.444. The van der Waals surface area contributed by atoms with E-state index in [9.17, 15) is 0 Å². The number of hydrogen-bond acceptors (Lipinski definition) is 3. The summed E-state index contributed by atoms with van der Waals surface area (Å²) < 4.78 is 5.50. The van der Waals surface area contributed by atoms with Gasteiger partial charge in [-0.2, -0.15) is 0 Å². The van der Waals surface area contributed by atoms with Crippen LogP contribution in [0.2, 0.25) is 0 Å². The fourth-order valence-corrected chi connectivity index (χ4v) is 1.32. The molecule has 1 N–H and O–H groups in total. The third-order valence-corrected chi connectivity index (χ3v) is 1.94. The fourth-order valence-electron chi connectivity index (χ4n) is 1.32. The predicted molar refractivity (Wildman–Crippen MR) is 45.5 cm³/mol. The highest BCUT2D eigenvalue weighted by Gasteiger charge is 2.21. The van der Waals surface area contributed by atoms with Gasteiger partial charge in [0.25, 0.3) is 0 Å². The van der Waals surface area contributed by atoms with Crippen LogP contribution >= 0.6 is 0 Å². The van der Waals surface area contributed by atoms with Gasteiger partial charge >= 0.3 is 0 Å². The number of nitrogens with one attached hydrogen (secondary N) is 1. The Morgan fingerprint density at radius 1 is 1.67 bits per heavy atom. The summed E-state index contributed by atoms with van der Waals surface area (Å²) in [5, 5.41) is 3.31. The van der Waals surface area contributed by atoms with Gasteiger partial charge in [-0.3, -0.25) is 10.3 Å². The number of ether oxygens (including phenoxy) is 1. The Labute approximate surface area is 71.8 Å². The van der Waals surface area contributed by atoms with Crippen molar-refractivity contribution in [3.05, 3.63) is 30.1 Å². The number of pyridine rings is 1. The molecule has 3 nitrogen and oxygen atoms in total. The summed E-state index contributed by atoms with van der Waals surface area (Å²) >= 11 is 0. The van der Waals surface area contributed by atoms with Crippen molar-refractivity contribution >= 4 is 0 Å². The molecule has 1 saturated heterocycles. The highest BCUT2D eigenvalue weighted by molar-refractivity contribution is 5.12. The lowest BCUT2D eigenvalue weighted by molar-refractivity contribution is 0.101. The van der Waals surface area contributed by atoms with Gasteiger partial charge in [-0.15, -0.1) is 0 Å². The average Bonchev–Trinajstić information content (AvgIpc) is 2.54. The minimum Gasteiger partial charge on any atom is -0.357 e. The number of aromatic nitrogens is 1. The van der Waals surface area contributed by atoms with Gasteiger partial charge < -0.3 is 4.74 Å². The SMILES string of the molecule is CC1COC(c2cccnc2)N1. The first-order valence-electron chi connectivity index (χ1n) is 4.14. The first-order chi connectivity index (χ1) is 5.86. The Morgan fingerprint density at radius 3 is 3.17 bits per heavy atom. The molecule has 3 heteroatoms. The molecular weight excluding hydrogens is 152 g/mol. The van der Waals surface area contributed by atoms with Crippen molar-refractivity contribution in [3.63, 3.8) is 0 Å². The second-order valence-electron chi connectivity index (χ2n) is 3.07. The van der Waals surface area contributed by atoms with Crippen LogP contribution in [0.5, 0.6) is 0 Å². The Hall–Kier alpha value is -0.930. The highest BCUT2D eigenvalue weighted by Crippen LogP contribution is 2.18. The second kappa shape index (κ2) is 3.21. The predicted octanol–water partition coefficient (Wildman–Crippen LogP) is 1.09. The van der Waals surface area contributed by atoms with E-state index in [0.29, 0.717) is 6.04 Å². The molecule has 2 rings (SSSR count). The van der Waals surface area contributed by atoms with Gasteiger partial charge in [0.05, 0.1) is 6.61 Å². The van der Waals surface area contributed by atoms with Crippen molar-refractivity contribution in [2.45, 2.75) is 19.2 Å². The van der Waals surface area contributed by atoms with Crippen molar-refractivity contribution in [3.8, 4) is 0 Å². The smallest absolute Gasteiger partial charge is 0.136 e. The van der Waals surface area contributed by atoms with Crippen molar-refractivity contribution in [1.29, 1.82) is 0 Å². The third kappa shape index (κ3) is 1.47. The summed E-state index contributed by atoms with van der Waals surface area (Å²) in [4.78, 5) is 4.03. The van der Waals surface area contributed by atoms with E-state index in [2.05, 4.69) is 17.2 Å². The maximum atomic E-state index is 5.50. The van der Waals surface area contributed by atoms with Crippen LogP contribution < -0.4 is 5.32 Å². The monoisotopic (exact) mass is 164 g/mol. The van der Waals surface area contributed by atoms with Crippen LogP contribution in [0.25, 0.3) is 0 Å². The molecule has 0 bridgehead atoms. The molecule has 64 valence electrons. The van der Waals surface area contributed by atoms with E-state index in [1.54, 1.807) is 6.20 Å². The Kier molecular flexibility index (Phi) is 2.06. The van der Waals surface area contributed by atoms with E-state index >= 15 is 0 Å². The molecule has 0 radical (unpaired) electrons. The van der Waals surface area contributed by atoms with Crippen LogP contribution in [0.1, 0.15) is 18.7 Å². The van der Waals surface area contributed by atoms with Crippen molar-refractivity contribution in [2.24, 2.45) is 0 Å². The van der Waals surface area contributed by atoms with E-state index in [4.69, 9.17) is 4.74 Å². The van der Waals surface area contributed by atoms with Crippen molar-refractivity contribution in [1.82, 2.24) is 10.3 Å². The van der Waals surface area contributed by atoms with Crippen LogP contribution in [0, 0.1) is 0 Å². The molecule has 0 aliphatic carbocycles. The van der Waals surface area contributed by atoms with E-state index < -0.39 is 0 Å². The topological polar surface area (TPSA) is 34.1 Å². The average molecular weight is 164 g/mol. The first-order valence-corrected chi connectivity index (χ1v) is 4.14. The van der Waals surface area contributed by atoms with Gasteiger partial charge in [0.2, 0.25) is 0 Å². The van der Waals surface area contributed by atoms with Crippen LogP contribution in [0.4, 0.5) is 0 Å². The molecule has 1 aromatic rings. The summed E-state index contributed by atoms with van der Waals surface area (Å²) in [6, 6.07) is 4.38. The summed E-state index contributed by atoms with van der Waals surface area (Å²) in [6.07, 6.45) is 3.63. The Morgan fingerprint density at radius 2 is 2.58 bits per heavy atom.